The molecule has 1 saturated carbocycles. The minimum atomic E-state index is -3.79. The molecule has 1 fully saturated rings. The van der Waals surface area contributed by atoms with Gasteiger partial charge in [-0.05, 0) is 30.0 Å². The molecule has 0 radical (unpaired) electrons. The average Bonchev–Trinajstić information content (AvgIpc) is 2.84. The number of carbonyl (C=O) groups is 1. The van der Waals surface area contributed by atoms with Crippen LogP contribution in [0.1, 0.15) is 20.3 Å². The molecular formula is C16H18O4S. The first-order valence-corrected chi connectivity index (χ1v) is 8.51. The van der Waals surface area contributed by atoms with Crippen LogP contribution in [-0.4, -0.2) is 30.7 Å². The van der Waals surface area contributed by atoms with E-state index in [1.165, 1.54) is 18.2 Å². The molecule has 2 aliphatic rings. The number of carbonyl (C=O) groups excluding carboxylic acids is 1. The average molecular weight is 306 g/mol. The summed E-state index contributed by atoms with van der Waals surface area (Å²) in [4.78, 5) is 12.3. The Balaban J connectivity index is 2.06. The van der Waals surface area contributed by atoms with Crippen LogP contribution in [0.2, 0.25) is 0 Å². The molecule has 1 aromatic carbocycles. The Morgan fingerprint density at radius 3 is 2.43 bits per heavy atom. The summed E-state index contributed by atoms with van der Waals surface area (Å²) in [6, 6.07) is 7.98. The van der Waals surface area contributed by atoms with E-state index in [4.69, 9.17) is 0 Å². The van der Waals surface area contributed by atoms with E-state index < -0.39 is 38.3 Å². The second-order valence-corrected chi connectivity index (χ2v) is 8.61. The fourth-order valence-electron chi connectivity index (χ4n) is 3.49. The smallest absolute Gasteiger partial charge is 0.189 e. The van der Waals surface area contributed by atoms with Gasteiger partial charge in [0.25, 0.3) is 0 Å². The molecule has 2 aliphatic carbocycles. The molecule has 0 unspecified atom stereocenters. The van der Waals surface area contributed by atoms with Gasteiger partial charge in [0.1, 0.15) is 5.25 Å². The normalized spacial score (nSPS) is 31.1. The van der Waals surface area contributed by atoms with Gasteiger partial charge in [0, 0.05) is 5.92 Å². The van der Waals surface area contributed by atoms with Crippen molar-refractivity contribution in [2.75, 3.05) is 0 Å². The molecule has 0 bridgehead atoms. The fourth-order valence-corrected chi connectivity index (χ4v) is 5.40. The summed E-state index contributed by atoms with van der Waals surface area (Å²) in [5, 5.41) is 9.28. The molecule has 0 heterocycles. The third-order valence-corrected chi connectivity index (χ3v) is 6.69. The molecule has 4 nitrogen and oxygen atoms in total. The van der Waals surface area contributed by atoms with Crippen molar-refractivity contribution in [3.05, 3.63) is 42.0 Å². The van der Waals surface area contributed by atoms with Gasteiger partial charge in [-0.1, -0.05) is 37.6 Å². The second kappa shape index (κ2) is 4.52. The highest BCUT2D eigenvalue weighted by Crippen LogP contribution is 2.51. The lowest BCUT2D eigenvalue weighted by molar-refractivity contribution is -0.115. The fraction of sp³-hybridized carbons (Fsp3) is 0.438. The van der Waals surface area contributed by atoms with Gasteiger partial charge in [0.15, 0.2) is 15.6 Å². The number of aliphatic hydroxyl groups excluding tert-OH is 1. The molecule has 3 atom stereocenters. The summed E-state index contributed by atoms with van der Waals surface area (Å²) >= 11 is 0. The predicted octanol–water partition coefficient (Wildman–Crippen LogP) is 1.75. The number of benzene rings is 1. The maximum Gasteiger partial charge on any atom is 0.189 e. The Kier molecular flexibility index (Phi) is 3.11. The Bertz CT molecular complexity index is 716. The summed E-state index contributed by atoms with van der Waals surface area (Å²) in [5.74, 6) is -1.02. The third-order valence-electron chi connectivity index (χ3n) is 4.57. The highest BCUT2D eigenvalue weighted by atomic mass is 32.2. The zero-order chi connectivity index (χ0) is 15.4. The maximum atomic E-state index is 12.8. The quantitative estimate of drug-likeness (QED) is 0.903. The van der Waals surface area contributed by atoms with Crippen LogP contribution in [0.25, 0.3) is 0 Å². The van der Waals surface area contributed by atoms with E-state index in [9.17, 15) is 18.3 Å². The summed E-state index contributed by atoms with van der Waals surface area (Å²) in [6.07, 6.45) is 1.16. The zero-order valence-corrected chi connectivity index (χ0v) is 12.8. The molecule has 1 N–H and O–H groups in total. The minimum Gasteiger partial charge on any atom is -0.392 e. The van der Waals surface area contributed by atoms with Gasteiger partial charge in [0.2, 0.25) is 0 Å². The van der Waals surface area contributed by atoms with Gasteiger partial charge >= 0.3 is 0 Å². The van der Waals surface area contributed by atoms with Gasteiger partial charge in [-0.3, -0.25) is 4.79 Å². The molecule has 0 aliphatic heterocycles. The van der Waals surface area contributed by atoms with Crippen molar-refractivity contribution in [1.29, 1.82) is 0 Å². The van der Waals surface area contributed by atoms with Gasteiger partial charge in [-0.15, -0.1) is 0 Å². The van der Waals surface area contributed by atoms with Crippen molar-refractivity contribution in [1.82, 2.24) is 0 Å². The van der Waals surface area contributed by atoms with Gasteiger partial charge < -0.3 is 5.11 Å². The molecule has 0 amide bonds. The van der Waals surface area contributed by atoms with Crippen LogP contribution >= 0.6 is 0 Å². The number of rotatable bonds is 2. The van der Waals surface area contributed by atoms with Crippen molar-refractivity contribution in [3.8, 4) is 0 Å². The lowest BCUT2D eigenvalue weighted by Gasteiger charge is -2.27. The van der Waals surface area contributed by atoms with Gasteiger partial charge in [-0.25, -0.2) is 8.42 Å². The predicted molar refractivity (Wildman–Crippen MR) is 78.4 cm³/mol. The Morgan fingerprint density at radius 1 is 1.19 bits per heavy atom. The van der Waals surface area contributed by atoms with E-state index in [0.717, 1.165) is 5.57 Å². The van der Waals surface area contributed by atoms with Crippen LogP contribution in [0.15, 0.2) is 46.9 Å². The standard InChI is InChI=1S/C16H18O4S/c1-16(2)9-10-8-12(17)14(13(10)15(16)18)21(19,20)11-6-4-3-5-7-11/h3-8,13-15,18H,9H2,1-2H3/t13-,14-,15-/m0/s1. The molecule has 0 spiro atoms. The van der Waals surface area contributed by atoms with Crippen LogP contribution in [0.3, 0.4) is 0 Å². The van der Waals surface area contributed by atoms with E-state index in [-0.39, 0.29) is 4.90 Å². The lowest BCUT2D eigenvalue weighted by Crippen LogP contribution is -2.40. The number of hydrogen-bond acceptors (Lipinski definition) is 4. The largest absolute Gasteiger partial charge is 0.392 e. The first-order chi connectivity index (χ1) is 9.75. The highest BCUT2D eigenvalue weighted by molar-refractivity contribution is 7.93. The SMILES string of the molecule is CC1(C)CC2=CC(=O)[C@H](S(=O)(=O)c3ccccc3)[C@H]2[C@@H]1O. The van der Waals surface area contributed by atoms with Crippen molar-refractivity contribution < 1.29 is 18.3 Å². The Hall–Kier alpha value is -1.46. The zero-order valence-electron chi connectivity index (χ0n) is 12.0. The Morgan fingerprint density at radius 2 is 1.81 bits per heavy atom. The van der Waals surface area contributed by atoms with Crippen LogP contribution in [-0.2, 0) is 14.6 Å². The molecule has 3 rings (SSSR count). The van der Waals surface area contributed by atoms with Gasteiger partial charge in [0.05, 0.1) is 11.0 Å². The van der Waals surface area contributed by atoms with Crippen LogP contribution < -0.4 is 0 Å². The van der Waals surface area contributed by atoms with E-state index >= 15 is 0 Å². The van der Waals surface area contributed by atoms with Crippen LogP contribution in [0.5, 0.6) is 0 Å². The summed E-state index contributed by atoms with van der Waals surface area (Å²) in [7, 11) is -3.79. The number of ketones is 1. The first kappa shape index (κ1) is 14.5. The number of aliphatic hydroxyl groups is 1. The Labute approximate surface area is 124 Å². The third kappa shape index (κ3) is 2.07. The molecule has 0 saturated heterocycles. The number of hydrogen-bond donors (Lipinski definition) is 1. The molecule has 5 heteroatoms. The molecule has 21 heavy (non-hydrogen) atoms. The highest BCUT2D eigenvalue weighted by Gasteiger charge is 2.56. The monoisotopic (exact) mass is 306 g/mol. The molecule has 112 valence electrons. The van der Waals surface area contributed by atoms with Crippen molar-refractivity contribution in [2.24, 2.45) is 11.3 Å². The van der Waals surface area contributed by atoms with E-state index in [1.807, 2.05) is 13.8 Å². The molecular weight excluding hydrogens is 288 g/mol. The van der Waals surface area contributed by atoms with E-state index in [0.29, 0.717) is 6.42 Å². The molecule has 1 aromatic rings. The van der Waals surface area contributed by atoms with Gasteiger partial charge in [-0.2, -0.15) is 0 Å². The second-order valence-electron chi connectivity index (χ2n) is 6.54. The van der Waals surface area contributed by atoms with Crippen molar-refractivity contribution in [2.45, 2.75) is 36.5 Å². The number of sulfone groups is 1. The van der Waals surface area contributed by atoms with Crippen LogP contribution in [0.4, 0.5) is 0 Å². The van der Waals surface area contributed by atoms with Crippen molar-refractivity contribution >= 4 is 15.6 Å². The number of allylic oxidation sites excluding steroid dienone is 1. The number of fused-ring (bicyclic) bond motifs is 1. The van der Waals surface area contributed by atoms with Crippen LogP contribution in [0, 0.1) is 11.3 Å². The maximum absolute atomic E-state index is 12.8. The van der Waals surface area contributed by atoms with Crippen molar-refractivity contribution in [3.63, 3.8) is 0 Å². The topological polar surface area (TPSA) is 71.4 Å². The summed E-state index contributed by atoms with van der Waals surface area (Å²) in [6.45, 7) is 3.79. The summed E-state index contributed by atoms with van der Waals surface area (Å²) in [5.41, 5.74) is 0.365. The summed E-state index contributed by atoms with van der Waals surface area (Å²) < 4.78 is 25.6. The first-order valence-electron chi connectivity index (χ1n) is 6.96. The van der Waals surface area contributed by atoms with E-state index in [2.05, 4.69) is 0 Å². The van der Waals surface area contributed by atoms with E-state index in [1.54, 1.807) is 18.2 Å². The minimum absolute atomic E-state index is 0.134. The molecule has 0 aromatic heterocycles. The lowest BCUT2D eigenvalue weighted by atomic mass is 9.86.